The van der Waals surface area contributed by atoms with Crippen molar-refractivity contribution in [2.75, 3.05) is 0 Å². The minimum absolute atomic E-state index is 0.168. The molecule has 0 amide bonds. The largest absolute Gasteiger partial charge is 0.327 e. The third-order valence-electron chi connectivity index (χ3n) is 3.21. The molecule has 1 aromatic rings. The molecule has 1 aliphatic carbocycles. The zero-order valence-electron chi connectivity index (χ0n) is 8.55. The Bertz CT molecular complexity index is 353. The monoisotopic (exact) mass is 227 g/mol. The summed E-state index contributed by atoms with van der Waals surface area (Å²) in [7, 11) is 0. The van der Waals surface area contributed by atoms with Crippen LogP contribution in [0.2, 0.25) is 5.02 Å². The minimum atomic E-state index is -0.168. The summed E-state index contributed by atoms with van der Waals surface area (Å²) in [5.41, 5.74) is 6.66. The van der Waals surface area contributed by atoms with Crippen molar-refractivity contribution in [1.29, 1.82) is 0 Å². The Morgan fingerprint density at radius 1 is 1.40 bits per heavy atom. The maximum atomic E-state index is 13.5. The lowest BCUT2D eigenvalue weighted by atomic mass is 9.95. The van der Waals surface area contributed by atoms with Gasteiger partial charge in [0.2, 0.25) is 0 Å². The first-order valence-corrected chi connectivity index (χ1v) is 5.74. The molecule has 1 nitrogen and oxygen atoms in total. The van der Waals surface area contributed by atoms with Crippen LogP contribution in [0.3, 0.4) is 0 Å². The Labute approximate surface area is 94.4 Å². The van der Waals surface area contributed by atoms with Crippen molar-refractivity contribution >= 4 is 11.6 Å². The lowest BCUT2D eigenvalue weighted by Gasteiger charge is -2.15. The predicted octanol–water partition coefficient (Wildman–Crippen LogP) is 3.15. The fraction of sp³-hybridized carbons (Fsp3) is 0.500. The van der Waals surface area contributed by atoms with E-state index < -0.39 is 0 Å². The number of rotatable bonds is 2. The van der Waals surface area contributed by atoms with Crippen molar-refractivity contribution in [2.45, 2.75) is 31.7 Å². The van der Waals surface area contributed by atoms with E-state index in [-0.39, 0.29) is 11.9 Å². The molecule has 15 heavy (non-hydrogen) atoms. The van der Waals surface area contributed by atoms with Gasteiger partial charge in [-0.1, -0.05) is 18.0 Å². The molecular formula is C12H15ClFN. The number of hydrogen-bond donors (Lipinski definition) is 1. The Balaban J connectivity index is 2.12. The molecule has 2 N–H and O–H groups in total. The second kappa shape index (κ2) is 4.50. The highest BCUT2D eigenvalue weighted by Gasteiger charge is 2.24. The Morgan fingerprint density at radius 2 is 2.20 bits per heavy atom. The highest BCUT2D eigenvalue weighted by Crippen LogP contribution is 2.28. The van der Waals surface area contributed by atoms with E-state index in [0.29, 0.717) is 22.9 Å². The van der Waals surface area contributed by atoms with Crippen LogP contribution in [-0.4, -0.2) is 6.04 Å². The Hall–Kier alpha value is -0.600. The molecule has 1 aliphatic rings. The van der Waals surface area contributed by atoms with Gasteiger partial charge in [0.1, 0.15) is 5.82 Å². The van der Waals surface area contributed by atoms with Crippen LogP contribution < -0.4 is 5.73 Å². The molecule has 0 aromatic heterocycles. The van der Waals surface area contributed by atoms with E-state index in [1.165, 1.54) is 6.07 Å². The third kappa shape index (κ3) is 2.50. The summed E-state index contributed by atoms with van der Waals surface area (Å²) < 4.78 is 13.5. The summed E-state index contributed by atoms with van der Waals surface area (Å²) in [5, 5.41) is 0.595. The van der Waals surface area contributed by atoms with Gasteiger partial charge in [0.15, 0.2) is 0 Å². The van der Waals surface area contributed by atoms with E-state index in [1.54, 1.807) is 12.1 Å². The van der Waals surface area contributed by atoms with E-state index in [1.807, 2.05) is 0 Å². The van der Waals surface area contributed by atoms with Gasteiger partial charge in [0.05, 0.1) is 0 Å². The van der Waals surface area contributed by atoms with Gasteiger partial charge < -0.3 is 5.73 Å². The first kappa shape index (κ1) is 10.9. The van der Waals surface area contributed by atoms with Crippen molar-refractivity contribution in [1.82, 2.24) is 0 Å². The molecule has 1 saturated carbocycles. The number of halogens is 2. The van der Waals surface area contributed by atoms with Crippen molar-refractivity contribution in [3.8, 4) is 0 Å². The van der Waals surface area contributed by atoms with E-state index in [4.69, 9.17) is 17.3 Å². The molecule has 0 bridgehead atoms. The lowest BCUT2D eigenvalue weighted by molar-refractivity contribution is 0.467. The molecule has 0 saturated heterocycles. The highest BCUT2D eigenvalue weighted by atomic mass is 35.5. The summed E-state index contributed by atoms with van der Waals surface area (Å²) in [6.07, 6.45) is 4.04. The first-order valence-electron chi connectivity index (χ1n) is 5.36. The zero-order chi connectivity index (χ0) is 10.8. The molecule has 2 atom stereocenters. The van der Waals surface area contributed by atoms with E-state index >= 15 is 0 Å². The van der Waals surface area contributed by atoms with E-state index in [2.05, 4.69) is 0 Å². The third-order valence-corrected chi connectivity index (χ3v) is 3.44. The van der Waals surface area contributed by atoms with Crippen molar-refractivity contribution in [2.24, 2.45) is 11.7 Å². The van der Waals surface area contributed by atoms with Gasteiger partial charge in [0.25, 0.3) is 0 Å². The molecule has 0 spiro atoms. The molecule has 1 aromatic carbocycles. The fourth-order valence-corrected chi connectivity index (χ4v) is 2.50. The van der Waals surface area contributed by atoms with Gasteiger partial charge in [-0.25, -0.2) is 4.39 Å². The molecule has 0 heterocycles. The van der Waals surface area contributed by atoms with E-state index in [0.717, 1.165) is 19.3 Å². The quantitative estimate of drug-likeness (QED) is 0.825. The molecule has 0 radical (unpaired) electrons. The topological polar surface area (TPSA) is 26.0 Å². The first-order chi connectivity index (χ1) is 7.16. The summed E-state index contributed by atoms with van der Waals surface area (Å²) in [6, 6.07) is 4.94. The standard InChI is InChI=1S/C12H15ClFN/c13-10-4-5-11(14)9(7-10)6-8-2-1-3-12(8)15/h4-5,7-8,12H,1-3,6,15H2. The van der Waals surface area contributed by atoms with Gasteiger partial charge in [-0.15, -0.1) is 0 Å². The average molecular weight is 228 g/mol. The summed E-state index contributed by atoms with van der Waals surface area (Å²) in [6.45, 7) is 0. The molecule has 2 rings (SSSR count). The van der Waals surface area contributed by atoms with Crippen LogP contribution in [0.4, 0.5) is 4.39 Å². The van der Waals surface area contributed by atoms with Crippen LogP contribution in [0.5, 0.6) is 0 Å². The molecular weight excluding hydrogens is 213 g/mol. The normalized spacial score (nSPS) is 25.8. The molecule has 3 heteroatoms. The van der Waals surface area contributed by atoms with Crippen LogP contribution in [0, 0.1) is 11.7 Å². The SMILES string of the molecule is NC1CCCC1Cc1cc(Cl)ccc1F. The van der Waals surface area contributed by atoms with Gasteiger partial charge in [-0.2, -0.15) is 0 Å². The second-order valence-electron chi connectivity index (χ2n) is 4.29. The van der Waals surface area contributed by atoms with Crippen molar-refractivity contribution in [3.63, 3.8) is 0 Å². The Kier molecular flexibility index (Phi) is 3.27. The Morgan fingerprint density at radius 3 is 2.87 bits per heavy atom. The summed E-state index contributed by atoms with van der Waals surface area (Å²) >= 11 is 5.84. The maximum absolute atomic E-state index is 13.5. The smallest absolute Gasteiger partial charge is 0.126 e. The predicted molar refractivity (Wildman–Crippen MR) is 60.4 cm³/mol. The van der Waals surface area contributed by atoms with Crippen molar-refractivity contribution in [3.05, 3.63) is 34.6 Å². The second-order valence-corrected chi connectivity index (χ2v) is 4.73. The van der Waals surface area contributed by atoms with Crippen LogP contribution in [0.25, 0.3) is 0 Å². The van der Waals surface area contributed by atoms with Gasteiger partial charge in [0, 0.05) is 11.1 Å². The van der Waals surface area contributed by atoms with Crippen LogP contribution >= 0.6 is 11.6 Å². The van der Waals surface area contributed by atoms with Crippen LogP contribution in [0.1, 0.15) is 24.8 Å². The molecule has 2 unspecified atom stereocenters. The molecule has 1 fully saturated rings. The highest BCUT2D eigenvalue weighted by molar-refractivity contribution is 6.30. The fourth-order valence-electron chi connectivity index (χ4n) is 2.30. The average Bonchev–Trinajstić information content (AvgIpc) is 2.58. The minimum Gasteiger partial charge on any atom is -0.327 e. The van der Waals surface area contributed by atoms with Crippen LogP contribution in [0.15, 0.2) is 18.2 Å². The summed E-state index contributed by atoms with van der Waals surface area (Å²) in [4.78, 5) is 0. The maximum Gasteiger partial charge on any atom is 0.126 e. The number of hydrogen-bond acceptors (Lipinski definition) is 1. The molecule has 82 valence electrons. The van der Waals surface area contributed by atoms with Crippen molar-refractivity contribution < 1.29 is 4.39 Å². The lowest BCUT2D eigenvalue weighted by Crippen LogP contribution is -2.26. The summed E-state index contributed by atoms with van der Waals surface area (Å²) in [5.74, 6) is 0.247. The molecule has 0 aliphatic heterocycles. The van der Waals surface area contributed by atoms with Gasteiger partial charge >= 0.3 is 0 Å². The van der Waals surface area contributed by atoms with Crippen LogP contribution in [-0.2, 0) is 6.42 Å². The number of benzene rings is 1. The van der Waals surface area contributed by atoms with E-state index in [9.17, 15) is 4.39 Å². The van der Waals surface area contributed by atoms with Gasteiger partial charge in [-0.3, -0.25) is 0 Å². The zero-order valence-corrected chi connectivity index (χ0v) is 9.30. The van der Waals surface area contributed by atoms with Gasteiger partial charge in [-0.05, 0) is 48.9 Å². The number of nitrogens with two attached hydrogens (primary N) is 1.